The van der Waals surface area contributed by atoms with Crippen LogP contribution in [0.15, 0.2) is 54.7 Å². The van der Waals surface area contributed by atoms with Gasteiger partial charge in [-0.3, -0.25) is 4.79 Å². The first-order valence-electron chi connectivity index (χ1n) is 8.67. The highest BCUT2D eigenvalue weighted by atomic mass is 19.4. The van der Waals surface area contributed by atoms with Gasteiger partial charge in [0, 0.05) is 30.1 Å². The second-order valence-corrected chi connectivity index (χ2v) is 6.20. The van der Waals surface area contributed by atoms with Crippen LogP contribution in [0.2, 0.25) is 0 Å². The van der Waals surface area contributed by atoms with Crippen LogP contribution in [-0.2, 0) is 17.4 Å². The van der Waals surface area contributed by atoms with E-state index in [1.54, 1.807) is 0 Å². The summed E-state index contributed by atoms with van der Waals surface area (Å²) in [5, 5.41) is 6.66. The summed E-state index contributed by atoms with van der Waals surface area (Å²) in [6.07, 6.45) is -1.64. The van der Waals surface area contributed by atoms with Gasteiger partial charge in [-0.05, 0) is 36.7 Å². The number of para-hydroxylation sites is 2. The minimum absolute atomic E-state index is 0.0973. The van der Waals surface area contributed by atoms with Crippen molar-refractivity contribution >= 4 is 22.5 Å². The molecule has 0 saturated carbocycles. The number of H-pyrrole nitrogens is 1. The molecule has 0 bridgehead atoms. The van der Waals surface area contributed by atoms with E-state index in [2.05, 4.69) is 15.6 Å². The van der Waals surface area contributed by atoms with Gasteiger partial charge in [-0.25, -0.2) is 0 Å². The number of benzene rings is 2. The van der Waals surface area contributed by atoms with Gasteiger partial charge >= 0.3 is 6.18 Å². The van der Waals surface area contributed by atoms with Gasteiger partial charge in [-0.1, -0.05) is 30.3 Å². The fourth-order valence-corrected chi connectivity index (χ4v) is 2.94. The Morgan fingerprint density at radius 1 is 1.00 bits per heavy atom. The highest BCUT2D eigenvalue weighted by Gasteiger charge is 2.33. The second-order valence-electron chi connectivity index (χ2n) is 6.20. The molecule has 0 radical (unpaired) electrons. The van der Waals surface area contributed by atoms with Crippen LogP contribution in [0, 0.1) is 0 Å². The molecule has 0 unspecified atom stereocenters. The molecule has 0 aliphatic rings. The summed E-state index contributed by atoms with van der Waals surface area (Å²) in [6, 6.07) is 13.0. The van der Waals surface area contributed by atoms with Crippen LogP contribution in [-0.4, -0.2) is 24.0 Å². The van der Waals surface area contributed by atoms with Crippen molar-refractivity contribution in [2.45, 2.75) is 19.0 Å². The molecule has 4 nitrogen and oxygen atoms in total. The van der Waals surface area contributed by atoms with E-state index in [1.807, 2.05) is 30.5 Å². The number of aromatic amines is 1. The molecule has 0 fully saturated rings. The van der Waals surface area contributed by atoms with Crippen molar-refractivity contribution in [1.29, 1.82) is 0 Å². The second kappa shape index (κ2) is 8.26. The molecule has 1 amide bonds. The molecule has 0 spiro atoms. The van der Waals surface area contributed by atoms with E-state index >= 15 is 0 Å². The molecule has 1 aromatic heterocycles. The van der Waals surface area contributed by atoms with Gasteiger partial charge in [0.15, 0.2) is 0 Å². The number of anilines is 1. The number of aromatic nitrogens is 1. The Hall–Kier alpha value is -2.80. The molecule has 3 rings (SSSR count). The number of nitrogens with one attached hydrogen (secondary N) is 3. The van der Waals surface area contributed by atoms with Gasteiger partial charge in [0.05, 0.1) is 11.3 Å². The van der Waals surface area contributed by atoms with Crippen LogP contribution >= 0.6 is 0 Å². The maximum absolute atomic E-state index is 12.9. The van der Waals surface area contributed by atoms with E-state index in [-0.39, 0.29) is 12.1 Å². The average molecular weight is 375 g/mol. The third-order valence-electron chi connectivity index (χ3n) is 4.28. The number of rotatable bonds is 7. The molecular formula is C20H20F3N3O. The third-order valence-corrected chi connectivity index (χ3v) is 4.28. The molecule has 1 heterocycles. The van der Waals surface area contributed by atoms with Crippen LogP contribution in [0.4, 0.5) is 18.9 Å². The molecular weight excluding hydrogens is 355 g/mol. The Bertz CT molecular complexity index is 918. The van der Waals surface area contributed by atoms with E-state index in [9.17, 15) is 18.0 Å². The standard InChI is InChI=1S/C20H20F3N3O/c21-20(22,23)16-6-2-4-8-18(16)26-19(27)10-12-24-11-9-14-13-25-17-7-3-1-5-15(14)17/h1-8,13,24-25H,9-12H2,(H,26,27). The lowest BCUT2D eigenvalue weighted by atomic mass is 10.1. The number of carbonyl (C=O) groups excluding carboxylic acids is 1. The highest BCUT2D eigenvalue weighted by molar-refractivity contribution is 5.91. The van der Waals surface area contributed by atoms with Crippen molar-refractivity contribution in [3.8, 4) is 0 Å². The van der Waals surface area contributed by atoms with Gasteiger partial charge in [-0.2, -0.15) is 13.2 Å². The van der Waals surface area contributed by atoms with Crippen molar-refractivity contribution < 1.29 is 18.0 Å². The normalized spacial score (nSPS) is 11.7. The van der Waals surface area contributed by atoms with Crippen molar-refractivity contribution in [3.63, 3.8) is 0 Å². The predicted molar refractivity (Wildman–Crippen MR) is 99.6 cm³/mol. The lowest BCUT2D eigenvalue weighted by Gasteiger charge is -2.13. The Balaban J connectivity index is 1.44. The van der Waals surface area contributed by atoms with Crippen LogP contribution in [0.25, 0.3) is 10.9 Å². The van der Waals surface area contributed by atoms with Crippen molar-refractivity contribution in [2.75, 3.05) is 18.4 Å². The third kappa shape index (κ3) is 4.89. The number of alkyl halides is 3. The lowest BCUT2D eigenvalue weighted by Crippen LogP contribution is -2.24. The Morgan fingerprint density at radius 2 is 1.74 bits per heavy atom. The summed E-state index contributed by atoms with van der Waals surface area (Å²) in [5.41, 5.74) is 1.20. The largest absolute Gasteiger partial charge is 0.418 e. The first-order chi connectivity index (χ1) is 12.9. The van der Waals surface area contributed by atoms with Crippen LogP contribution in [0.1, 0.15) is 17.5 Å². The topological polar surface area (TPSA) is 56.9 Å². The summed E-state index contributed by atoms with van der Waals surface area (Å²) < 4.78 is 38.8. The molecule has 0 saturated heterocycles. The van der Waals surface area contributed by atoms with E-state index in [0.29, 0.717) is 13.1 Å². The van der Waals surface area contributed by atoms with Crippen molar-refractivity contribution in [2.24, 2.45) is 0 Å². The van der Waals surface area contributed by atoms with Crippen LogP contribution in [0.3, 0.4) is 0 Å². The van der Waals surface area contributed by atoms with Gasteiger partial charge in [0.1, 0.15) is 0 Å². The van der Waals surface area contributed by atoms with Crippen LogP contribution in [0.5, 0.6) is 0 Å². The first-order valence-corrected chi connectivity index (χ1v) is 8.67. The monoisotopic (exact) mass is 375 g/mol. The highest BCUT2D eigenvalue weighted by Crippen LogP contribution is 2.34. The Morgan fingerprint density at radius 3 is 2.56 bits per heavy atom. The maximum Gasteiger partial charge on any atom is 0.418 e. The maximum atomic E-state index is 12.9. The predicted octanol–water partition coefficient (Wildman–Crippen LogP) is 4.35. The van der Waals surface area contributed by atoms with Gasteiger partial charge < -0.3 is 15.6 Å². The molecule has 0 atom stereocenters. The first kappa shape index (κ1) is 19.0. The summed E-state index contributed by atoms with van der Waals surface area (Å²) in [7, 11) is 0. The van der Waals surface area contributed by atoms with Crippen LogP contribution < -0.4 is 10.6 Å². The molecule has 142 valence electrons. The van der Waals surface area contributed by atoms with E-state index < -0.39 is 17.6 Å². The number of carbonyl (C=O) groups is 1. The summed E-state index contributed by atoms with van der Waals surface area (Å²) >= 11 is 0. The molecule has 0 aliphatic heterocycles. The van der Waals surface area contributed by atoms with E-state index in [4.69, 9.17) is 0 Å². The SMILES string of the molecule is O=C(CCNCCc1c[nH]c2ccccc12)Nc1ccccc1C(F)(F)F. The zero-order chi connectivity index (χ0) is 19.3. The number of amides is 1. The smallest absolute Gasteiger partial charge is 0.361 e. The fourth-order valence-electron chi connectivity index (χ4n) is 2.94. The van der Waals surface area contributed by atoms with Gasteiger partial charge in [0.25, 0.3) is 0 Å². The van der Waals surface area contributed by atoms with Crippen molar-refractivity contribution in [1.82, 2.24) is 10.3 Å². The van der Waals surface area contributed by atoms with Gasteiger partial charge in [-0.15, -0.1) is 0 Å². The fraction of sp³-hybridized carbons (Fsp3) is 0.250. The summed E-state index contributed by atoms with van der Waals surface area (Å²) in [6.45, 7) is 1.07. The van der Waals surface area contributed by atoms with E-state index in [0.717, 1.165) is 18.0 Å². The molecule has 0 aliphatic carbocycles. The quantitative estimate of drug-likeness (QED) is 0.538. The zero-order valence-corrected chi connectivity index (χ0v) is 14.6. The number of hydrogen-bond acceptors (Lipinski definition) is 2. The lowest BCUT2D eigenvalue weighted by molar-refractivity contribution is -0.137. The number of hydrogen-bond donors (Lipinski definition) is 3. The number of halogens is 3. The summed E-state index contributed by atoms with van der Waals surface area (Å²) in [5.74, 6) is -0.453. The Kier molecular flexibility index (Phi) is 5.81. The Labute approximate surface area is 154 Å². The average Bonchev–Trinajstić information content (AvgIpc) is 3.04. The van der Waals surface area contributed by atoms with Gasteiger partial charge in [0.2, 0.25) is 5.91 Å². The van der Waals surface area contributed by atoms with E-state index in [1.165, 1.54) is 29.1 Å². The molecule has 3 aromatic rings. The molecule has 27 heavy (non-hydrogen) atoms. The molecule has 2 aromatic carbocycles. The van der Waals surface area contributed by atoms with Crippen molar-refractivity contribution in [3.05, 3.63) is 65.9 Å². The summed E-state index contributed by atoms with van der Waals surface area (Å²) in [4.78, 5) is 15.1. The zero-order valence-electron chi connectivity index (χ0n) is 14.6. The minimum atomic E-state index is -4.50. The molecule has 3 N–H and O–H groups in total. The number of fused-ring (bicyclic) bond motifs is 1. The molecule has 7 heteroatoms. The minimum Gasteiger partial charge on any atom is -0.361 e.